The number of nitrogens with zero attached hydrogens (tertiary/aromatic N) is 1. The number of hydrogen-bond acceptors (Lipinski definition) is 3. The SMILES string of the molecule is O=C(CSc1ccccc1F)N1CCCCCC1CO. The summed E-state index contributed by atoms with van der Waals surface area (Å²) in [6, 6.07) is 6.40. The summed E-state index contributed by atoms with van der Waals surface area (Å²) >= 11 is 1.22. The number of rotatable bonds is 4. The van der Waals surface area contributed by atoms with Gasteiger partial charge in [0, 0.05) is 11.4 Å². The minimum Gasteiger partial charge on any atom is -0.394 e. The number of aliphatic hydroxyl groups excluding tert-OH is 1. The molecule has 5 heteroatoms. The third-order valence-corrected chi connectivity index (χ3v) is 4.63. The molecular formula is C15H20FNO2S. The fraction of sp³-hybridized carbons (Fsp3) is 0.533. The number of carbonyl (C=O) groups is 1. The maximum absolute atomic E-state index is 13.5. The van der Waals surface area contributed by atoms with Crippen molar-refractivity contribution in [1.29, 1.82) is 0 Å². The number of aliphatic hydroxyl groups is 1. The summed E-state index contributed by atoms with van der Waals surface area (Å²) in [5.41, 5.74) is 0. The van der Waals surface area contributed by atoms with E-state index in [1.165, 1.54) is 17.8 Å². The van der Waals surface area contributed by atoms with E-state index in [0.717, 1.165) is 25.7 Å². The van der Waals surface area contributed by atoms with Crippen LogP contribution in [0.5, 0.6) is 0 Å². The van der Waals surface area contributed by atoms with Gasteiger partial charge in [0.2, 0.25) is 5.91 Å². The number of benzene rings is 1. The summed E-state index contributed by atoms with van der Waals surface area (Å²) in [6.07, 6.45) is 3.98. The summed E-state index contributed by atoms with van der Waals surface area (Å²) < 4.78 is 13.5. The highest BCUT2D eigenvalue weighted by Gasteiger charge is 2.24. The zero-order chi connectivity index (χ0) is 14.4. The third-order valence-electron chi connectivity index (χ3n) is 3.60. The molecule has 1 aromatic carbocycles. The van der Waals surface area contributed by atoms with E-state index in [1.54, 1.807) is 23.1 Å². The molecule has 1 aliphatic rings. The summed E-state index contributed by atoms with van der Waals surface area (Å²) in [6.45, 7) is 0.706. The van der Waals surface area contributed by atoms with Gasteiger partial charge in [-0.05, 0) is 25.0 Å². The first-order chi connectivity index (χ1) is 9.72. The Morgan fingerprint density at radius 3 is 2.90 bits per heavy atom. The summed E-state index contributed by atoms with van der Waals surface area (Å²) in [5, 5.41) is 9.40. The van der Waals surface area contributed by atoms with E-state index in [-0.39, 0.29) is 30.1 Å². The summed E-state index contributed by atoms with van der Waals surface area (Å²) in [7, 11) is 0. The van der Waals surface area contributed by atoms with Gasteiger partial charge in [0.15, 0.2) is 0 Å². The minimum atomic E-state index is -0.292. The molecule has 0 radical (unpaired) electrons. The van der Waals surface area contributed by atoms with E-state index < -0.39 is 0 Å². The molecule has 1 amide bonds. The monoisotopic (exact) mass is 297 g/mol. The highest BCUT2D eigenvalue weighted by atomic mass is 32.2. The van der Waals surface area contributed by atoms with Crippen molar-refractivity contribution >= 4 is 17.7 Å². The van der Waals surface area contributed by atoms with Crippen LogP contribution in [0, 0.1) is 5.82 Å². The molecule has 1 atom stereocenters. The van der Waals surface area contributed by atoms with Crippen LogP contribution in [0.1, 0.15) is 25.7 Å². The lowest BCUT2D eigenvalue weighted by Gasteiger charge is -2.28. The number of thioether (sulfide) groups is 1. The molecule has 0 spiro atoms. The van der Waals surface area contributed by atoms with Crippen molar-refractivity contribution in [3.8, 4) is 0 Å². The molecule has 0 saturated carbocycles. The van der Waals surface area contributed by atoms with Crippen LogP contribution in [0.3, 0.4) is 0 Å². The van der Waals surface area contributed by atoms with Gasteiger partial charge in [0.05, 0.1) is 18.4 Å². The normalized spacial score (nSPS) is 19.7. The van der Waals surface area contributed by atoms with Crippen LogP contribution in [-0.4, -0.2) is 40.9 Å². The number of hydrogen-bond donors (Lipinski definition) is 1. The Labute approximate surface area is 123 Å². The van der Waals surface area contributed by atoms with E-state index in [1.807, 2.05) is 0 Å². The molecule has 1 aromatic rings. The maximum atomic E-state index is 13.5. The summed E-state index contributed by atoms with van der Waals surface area (Å²) in [4.78, 5) is 14.5. The van der Waals surface area contributed by atoms with Crippen LogP contribution < -0.4 is 0 Å². The molecule has 1 aliphatic heterocycles. The first-order valence-corrected chi connectivity index (χ1v) is 7.98. The fourth-order valence-electron chi connectivity index (χ4n) is 2.48. The van der Waals surface area contributed by atoms with Gasteiger partial charge in [-0.3, -0.25) is 4.79 Å². The average molecular weight is 297 g/mol. The molecule has 110 valence electrons. The first kappa shape index (κ1) is 15.3. The minimum absolute atomic E-state index is 0.0100. The maximum Gasteiger partial charge on any atom is 0.233 e. The van der Waals surface area contributed by atoms with Crippen molar-refractivity contribution in [3.05, 3.63) is 30.1 Å². The van der Waals surface area contributed by atoms with Crippen molar-refractivity contribution in [3.63, 3.8) is 0 Å². The molecule has 2 rings (SSSR count). The van der Waals surface area contributed by atoms with E-state index in [9.17, 15) is 14.3 Å². The molecule has 0 aromatic heterocycles. The van der Waals surface area contributed by atoms with Gasteiger partial charge in [-0.2, -0.15) is 0 Å². The Morgan fingerprint density at radius 1 is 1.35 bits per heavy atom. The lowest BCUT2D eigenvalue weighted by molar-refractivity contribution is -0.131. The van der Waals surface area contributed by atoms with Crippen LogP contribution in [0.4, 0.5) is 4.39 Å². The van der Waals surface area contributed by atoms with E-state index in [2.05, 4.69) is 0 Å². The zero-order valence-corrected chi connectivity index (χ0v) is 12.2. The Hall–Kier alpha value is -1.07. The van der Waals surface area contributed by atoms with Crippen LogP contribution in [-0.2, 0) is 4.79 Å². The Morgan fingerprint density at radius 2 is 2.15 bits per heavy atom. The Balaban J connectivity index is 1.94. The number of likely N-dealkylation sites (tertiary alicyclic amines) is 1. The average Bonchev–Trinajstić information content (AvgIpc) is 2.71. The molecule has 3 nitrogen and oxygen atoms in total. The second-order valence-corrected chi connectivity index (χ2v) is 6.01. The number of halogens is 1. The molecule has 1 fully saturated rings. The quantitative estimate of drug-likeness (QED) is 0.869. The van der Waals surface area contributed by atoms with Crippen LogP contribution >= 0.6 is 11.8 Å². The molecule has 1 heterocycles. The molecule has 0 bridgehead atoms. The Kier molecular flexibility index (Phi) is 5.86. The zero-order valence-electron chi connectivity index (χ0n) is 11.4. The number of amides is 1. The van der Waals surface area contributed by atoms with Crippen LogP contribution in [0.25, 0.3) is 0 Å². The van der Waals surface area contributed by atoms with Gasteiger partial charge in [0.25, 0.3) is 0 Å². The predicted molar refractivity (Wildman–Crippen MR) is 78.2 cm³/mol. The van der Waals surface area contributed by atoms with Crippen molar-refractivity contribution in [2.45, 2.75) is 36.6 Å². The number of carbonyl (C=O) groups excluding carboxylic acids is 1. The molecule has 1 saturated heterocycles. The standard InChI is InChI=1S/C15H20FNO2S/c16-13-7-3-4-8-14(13)20-11-15(19)17-9-5-1-2-6-12(17)10-18/h3-4,7-8,12,18H,1-2,5-6,9-11H2. The molecule has 1 N–H and O–H groups in total. The van der Waals surface area contributed by atoms with Gasteiger partial charge >= 0.3 is 0 Å². The van der Waals surface area contributed by atoms with Gasteiger partial charge in [-0.1, -0.05) is 25.0 Å². The molecule has 0 aliphatic carbocycles. The molecule has 1 unspecified atom stereocenters. The van der Waals surface area contributed by atoms with Gasteiger partial charge in [0.1, 0.15) is 5.82 Å². The predicted octanol–water partition coefficient (Wildman–Crippen LogP) is 2.68. The van der Waals surface area contributed by atoms with E-state index in [4.69, 9.17) is 0 Å². The van der Waals surface area contributed by atoms with Crippen molar-refractivity contribution < 1.29 is 14.3 Å². The van der Waals surface area contributed by atoms with E-state index in [0.29, 0.717) is 11.4 Å². The highest BCUT2D eigenvalue weighted by Crippen LogP contribution is 2.23. The van der Waals surface area contributed by atoms with Crippen LogP contribution in [0.15, 0.2) is 29.2 Å². The lowest BCUT2D eigenvalue weighted by atomic mass is 10.1. The van der Waals surface area contributed by atoms with Gasteiger partial charge in [-0.15, -0.1) is 11.8 Å². The van der Waals surface area contributed by atoms with Crippen molar-refractivity contribution in [2.24, 2.45) is 0 Å². The van der Waals surface area contributed by atoms with Crippen LogP contribution in [0.2, 0.25) is 0 Å². The Bertz CT molecular complexity index is 455. The van der Waals surface area contributed by atoms with E-state index >= 15 is 0 Å². The third kappa shape index (κ3) is 3.96. The van der Waals surface area contributed by atoms with Gasteiger partial charge < -0.3 is 10.0 Å². The largest absolute Gasteiger partial charge is 0.394 e. The van der Waals surface area contributed by atoms with Gasteiger partial charge in [-0.25, -0.2) is 4.39 Å². The fourth-order valence-corrected chi connectivity index (χ4v) is 3.31. The second kappa shape index (κ2) is 7.64. The first-order valence-electron chi connectivity index (χ1n) is 7.00. The summed E-state index contributed by atoms with van der Waals surface area (Å²) in [5.74, 6) is -0.0867. The lowest BCUT2D eigenvalue weighted by Crippen LogP contribution is -2.43. The van der Waals surface area contributed by atoms with Crippen molar-refractivity contribution in [2.75, 3.05) is 18.9 Å². The molecular weight excluding hydrogens is 277 g/mol. The molecule has 20 heavy (non-hydrogen) atoms. The smallest absolute Gasteiger partial charge is 0.233 e. The second-order valence-electron chi connectivity index (χ2n) is 4.99. The topological polar surface area (TPSA) is 40.5 Å². The van der Waals surface area contributed by atoms with Crippen molar-refractivity contribution in [1.82, 2.24) is 4.90 Å². The highest BCUT2D eigenvalue weighted by molar-refractivity contribution is 8.00.